The van der Waals surface area contributed by atoms with Gasteiger partial charge in [0.2, 0.25) is 0 Å². The van der Waals surface area contributed by atoms with E-state index in [4.69, 9.17) is 4.74 Å². The number of nitrogens with one attached hydrogen (secondary N) is 2. The predicted molar refractivity (Wildman–Crippen MR) is 64.6 cm³/mol. The van der Waals surface area contributed by atoms with E-state index in [1.54, 1.807) is 0 Å². The zero-order valence-electron chi connectivity index (χ0n) is 9.41. The summed E-state index contributed by atoms with van der Waals surface area (Å²) >= 11 is 0. The number of ether oxygens (including phenoxy) is 1. The van der Waals surface area contributed by atoms with Crippen molar-refractivity contribution >= 4 is 5.69 Å². The minimum Gasteiger partial charge on any atom is -0.380 e. The molecule has 3 heteroatoms. The highest BCUT2D eigenvalue weighted by Gasteiger charge is 2.42. The smallest absolute Gasteiger partial charge is 0.0839 e. The van der Waals surface area contributed by atoms with Gasteiger partial charge < -0.3 is 15.4 Å². The Labute approximate surface area is 96.2 Å². The summed E-state index contributed by atoms with van der Waals surface area (Å²) in [5.41, 5.74) is 1.31. The van der Waals surface area contributed by atoms with E-state index in [-0.39, 0.29) is 5.60 Å². The molecule has 16 heavy (non-hydrogen) atoms. The van der Waals surface area contributed by atoms with E-state index in [1.165, 1.54) is 5.69 Å². The van der Waals surface area contributed by atoms with E-state index in [9.17, 15) is 0 Å². The van der Waals surface area contributed by atoms with Gasteiger partial charge in [0.25, 0.3) is 0 Å². The van der Waals surface area contributed by atoms with Gasteiger partial charge in [0.05, 0.1) is 18.2 Å². The Morgan fingerprint density at radius 2 is 2.19 bits per heavy atom. The minimum absolute atomic E-state index is 0.118. The summed E-state index contributed by atoms with van der Waals surface area (Å²) in [6, 6.07) is 10.8. The molecule has 0 radical (unpaired) electrons. The molecular weight excluding hydrogens is 200 g/mol. The summed E-state index contributed by atoms with van der Waals surface area (Å²) in [5, 5.41) is 6.93. The molecule has 0 amide bonds. The molecule has 3 nitrogen and oxygen atoms in total. The van der Waals surface area contributed by atoms with Gasteiger partial charge in [-0.2, -0.15) is 0 Å². The van der Waals surface area contributed by atoms with Gasteiger partial charge in [0.1, 0.15) is 0 Å². The molecule has 1 spiro atoms. The standard InChI is InChI=1S/C13H18N2O/c1-2-4-11(5-3-1)15-12-8-13(16-9-12)6-7-14-10-13/h1-5,12,14-15H,6-10H2. The van der Waals surface area contributed by atoms with Crippen molar-refractivity contribution in [3.05, 3.63) is 30.3 Å². The molecule has 1 aromatic carbocycles. The molecule has 0 aromatic heterocycles. The first kappa shape index (κ1) is 10.1. The van der Waals surface area contributed by atoms with Gasteiger partial charge in [-0.05, 0) is 25.1 Å². The van der Waals surface area contributed by atoms with Crippen molar-refractivity contribution < 1.29 is 4.74 Å². The first-order valence-corrected chi connectivity index (χ1v) is 6.03. The van der Waals surface area contributed by atoms with Gasteiger partial charge in [-0.25, -0.2) is 0 Å². The first-order valence-electron chi connectivity index (χ1n) is 6.03. The highest BCUT2D eigenvalue weighted by molar-refractivity contribution is 5.43. The van der Waals surface area contributed by atoms with Crippen LogP contribution in [-0.2, 0) is 4.74 Å². The fraction of sp³-hybridized carbons (Fsp3) is 0.538. The predicted octanol–water partition coefficient (Wildman–Crippen LogP) is 1.62. The van der Waals surface area contributed by atoms with Crippen LogP contribution in [0.15, 0.2) is 30.3 Å². The lowest BCUT2D eigenvalue weighted by Gasteiger charge is -2.20. The third-order valence-electron chi connectivity index (χ3n) is 3.56. The number of hydrogen-bond acceptors (Lipinski definition) is 3. The molecule has 0 aliphatic carbocycles. The van der Waals surface area contributed by atoms with Crippen LogP contribution in [0.2, 0.25) is 0 Å². The van der Waals surface area contributed by atoms with E-state index >= 15 is 0 Å². The lowest BCUT2D eigenvalue weighted by molar-refractivity contribution is 0.0214. The summed E-state index contributed by atoms with van der Waals surface area (Å²) in [4.78, 5) is 0. The molecule has 2 aliphatic rings. The Morgan fingerprint density at radius 3 is 2.94 bits per heavy atom. The van der Waals surface area contributed by atoms with Crippen molar-refractivity contribution in [2.75, 3.05) is 25.0 Å². The van der Waals surface area contributed by atoms with Crippen LogP contribution >= 0.6 is 0 Å². The lowest BCUT2D eigenvalue weighted by Crippen LogP contribution is -2.31. The zero-order valence-corrected chi connectivity index (χ0v) is 9.41. The number of anilines is 1. The van der Waals surface area contributed by atoms with Gasteiger partial charge in [0, 0.05) is 18.7 Å². The zero-order chi connectivity index (χ0) is 10.8. The molecule has 2 N–H and O–H groups in total. The van der Waals surface area contributed by atoms with Crippen molar-refractivity contribution in [3.63, 3.8) is 0 Å². The molecule has 0 bridgehead atoms. The number of hydrogen-bond donors (Lipinski definition) is 2. The molecule has 2 saturated heterocycles. The van der Waals surface area contributed by atoms with Crippen LogP contribution in [0.25, 0.3) is 0 Å². The molecule has 1 aromatic rings. The Morgan fingerprint density at radius 1 is 1.31 bits per heavy atom. The Balaban J connectivity index is 1.62. The minimum atomic E-state index is 0.118. The molecule has 2 atom stereocenters. The summed E-state index contributed by atoms with van der Waals surface area (Å²) < 4.78 is 5.96. The third kappa shape index (κ3) is 1.93. The van der Waals surface area contributed by atoms with Crippen LogP contribution in [0.4, 0.5) is 5.69 Å². The summed E-state index contributed by atoms with van der Waals surface area (Å²) in [6.07, 6.45) is 2.27. The second-order valence-electron chi connectivity index (χ2n) is 4.83. The van der Waals surface area contributed by atoms with E-state index in [1.807, 2.05) is 6.07 Å². The maximum absolute atomic E-state index is 5.96. The number of rotatable bonds is 2. The molecule has 2 aliphatic heterocycles. The van der Waals surface area contributed by atoms with Gasteiger partial charge in [-0.3, -0.25) is 0 Å². The summed E-state index contributed by atoms with van der Waals surface area (Å²) in [5.74, 6) is 0. The van der Waals surface area contributed by atoms with Crippen molar-refractivity contribution in [2.24, 2.45) is 0 Å². The molecule has 2 heterocycles. The van der Waals surface area contributed by atoms with Gasteiger partial charge in [-0.1, -0.05) is 18.2 Å². The van der Waals surface area contributed by atoms with E-state index < -0.39 is 0 Å². The van der Waals surface area contributed by atoms with Crippen molar-refractivity contribution in [2.45, 2.75) is 24.5 Å². The highest BCUT2D eigenvalue weighted by atomic mass is 16.5. The fourth-order valence-corrected chi connectivity index (χ4v) is 2.73. The van der Waals surface area contributed by atoms with Crippen LogP contribution in [0.5, 0.6) is 0 Å². The van der Waals surface area contributed by atoms with Crippen LogP contribution in [-0.4, -0.2) is 31.3 Å². The molecule has 86 valence electrons. The quantitative estimate of drug-likeness (QED) is 0.791. The van der Waals surface area contributed by atoms with Gasteiger partial charge in [-0.15, -0.1) is 0 Å². The van der Waals surface area contributed by atoms with Gasteiger partial charge >= 0.3 is 0 Å². The average Bonchev–Trinajstić information content (AvgIpc) is 2.92. The Kier molecular flexibility index (Phi) is 2.58. The fourth-order valence-electron chi connectivity index (χ4n) is 2.73. The second kappa shape index (κ2) is 4.07. The molecular formula is C13H18N2O. The molecule has 3 rings (SSSR count). The van der Waals surface area contributed by atoms with Crippen LogP contribution < -0.4 is 10.6 Å². The van der Waals surface area contributed by atoms with E-state index in [0.29, 0.717) is 6.04 Å². The van der Waals surface area contributed by atoms with Crippen LogP contribution in [0, 0.1) is 0 Å². The monoisotopic (exact) mass is 218 g/mol. The Bertz CT molecular complexity index is 346. The normalized spacial score (nSPS) is 33.4. The SMILES string of the molecule is c1ccc(NC2COC3(CCNC3)C2)cc1. The van der Waals surface area contributed by atoms with Crippen LogP contribution in [0.1, 0.15) is 12.8 Å². The van der Waals surface area contributed by atoms with Crippen molar-refractivity contribution in [3.8, 4) is 0 Å². The first-order chi connectivity index (χ1) is 7.86. The second-order valence-corrected chi connectivity index (χ2v) is 4.83. The lowest BCUT2D eigenvalue weighted by atomic mass is 9.97. The average molecular weight is 218 g/mol. The summed E-state index contributed by atoms with van der Waals surface area (Å²) in [7, 11) is 0. The maximum Gasteiger partial charge on any atom is 0.0839 e. The van der Waals surface area contributed by atoms with Gasteiger partial charge in [0.15, 0.2) is 0 Å². The topological polar surface area (TPSA) is 33.3 Å². The summed E-state index contributed by atoms with van der Waals surface area (Å²) in [6.45, 7) is 2.94. The molecule has 2 fully saturated rings. The maximum atomic E-state index is 5.96. The van der Waals surface area contributed by atoms with Crippen molar-refractivity contribution in [1.82, 2.24) is 5.32 Å². The molecule has 2 unspecified atom stereocenters. The number of para-hydroxylation sites is 1. The van der Waals surface area contributed by atoms with E-state index in [2.05, 4.69) is 34.9 Å². The number of benzene rings is 1. The van der Waals surface area contributed by atoms with E-state index in [0.717, 1.165) is 32.5 Å². The van der Waals surface area contributed by atoms with Crippen LogP contribution in [0.3, 0.4) is 0 Å². The third-order valence-corrected chi connectivity index (χ3v) is 3.56. The Hall–Kier alpha value is -1.06. The molecule has 0 saturated carbocycles. The van der Waals surface area contributed by atoms with Crippen molar-refractivity contribution in [1.29, 1.82) is 0 Å². The highest BCUT2D eigenvalue weighted by Crippen LogP contribution is 2.32. The largest absolute Gasteiger partial charge is 0.380 e.